The lowest BCUT2D eigenvalue weighted by Gasteiger charge is -2.25. The fraction of sp³-hybridized carbons (Fsp3) is 0.368. The lowest BCUT2D eigenvalue weighted by Crippen LogP contribution is -2.39. The number of ether oxygens (including phenoxy) is 1. The van der Waals surface area contributed by atoms with Crippen molar-refractivity contribution in [1.29, 1.82) is 0 Å². The first kappa shape index (κ1) is 16.4. The van der Waals surface area contributed by atoms with Gasteiger partial charge in [0, 0.05) is 25.0 Å². The highest BCUT2D eigenvalue weighted by Gasteiger charge is 2.28. The van der Waals surface area contributed by atoms with Gasteiger partial charge in [-0.25, -0.2) is 4.39 Å². The maximum Gasteiger partial charge on any atom is 0.260 e. The van der Waals surface area contributed by atoms with E-state index in [-0.39, 0.29) is 24.3 Å². The molecule has 126 valence electrons. The number of hydrogen-bond donors (Lipinski definition) is 0. The smallest absolute Gasteiger partial charge is 0.260 e. The summed E-state index contributed by atoms with van der Waals surface area (Å²) in [6.07, 6.45) is 7.44. The minimum Gasteiger partial charge on any atom is -0.481 e. The van der Waals surface area contributed by atoms with Gasteiger partial charge >= 0.3 is 0 Å². The number of para-hydroxylation sites is 1. The predicted octanol–water partition coefficient (Wildman–Crippen LogP) is 3.22. The summed E-state index contributed by atoms with van der Waals surface area (Å²) in [6.45, 7) is 0.632. The Labute approximate surface area is 141 Å². The number of halogens is 1. The molecule has 2 aromatic rings. The Morgan fingerprint density at radius 3 is 2.83 bits per heavy atom. The van der Waals surface area contributed by atoms with Gasteiger partial charge in [-0.15, -0.1) is 0 Å². The van der Waals surface area contributed by atoms with Gasteiger partial charge in [-0.3, -0.25) is 9.78 Å². The molecule has 0 N–H and O–H groups in total. The Bertz CT molecular complexity index is 678. The third-order valence-electron chi connectivity index (χ3n) is 4.40. The second-order valence-electron chi connectivity index (χ2n) is 6.00. The summed E-state index contributed by atoms with van der Waals surface area (Å²) < 4.78 is 18.9. The van der Waals surface area contributed by atoms with Crippen molar-refractivity contribution in [2.75, 3.05) is 13.2 Å². The molecular weight excluding hydrogens is 307 g/mol. The summed E-state index contributed by atoms with van der Waals surface area (Å²) in [5.41, 5.74) is 1.23. The third-order valence-corrected chi connectivity index (χ3v) is 4.40. The van der Waals surface area contributed by atoms with Gasteiger partial charge in [0.2, 0.25) is 0 Å². The molecule has 1 aliphatic rings. The molecule has 4 nitrogen and oxygen atoms in total. The van der Waals surface area contributed by atoms with Crippen LogP contribution in [0.3, 0.4) is 0 Å². The molecule has 1 aromatic heterocycles. The number of rotatable bonds is 6. The standard InChI is InChI=1S/C19H21FN2O2/c20-17-5-1-2-6-18(17)24-14-19(23)22-13-3-4-16(22)8-7-15-9-11-21-12-10-15/h1-2,5-6,9-12,16H,3-4,7-8,13-14H2/t16-/m0/s1. The molecule has 5 heteroatoms. The quantitative estimate of drug-likeness (QED) is 0.818. The molecule has 1 aliphatic heterocycles. The molecule has 1 saturated heterocycles. The van der Waals surface area contributed by atoms with Crippen molar-refractivity contribution in [3.05, 3.63) is 60.2 Å². The van der Waals surface area contributed by atoms with E-state index in [0.29, 0.717) is 0 Å². The van der Waals surface area contributed by atoms with Crippen LogP contribution in [0.2, 0.25) is 0 Å². The van der Waals surface area contributed by atoms with Crippen LogP contribution in [0.4, 0.5) is 4.39 Å². The van der Waals surface area contributed by atoms with E-state index >= 15 is 0 Å². The molecule has 0 aliphatic carbocycles. The van der Waals surface area contributed by atoms with Crippen molar-refractivity contribution < 1.29 is 13.9 Å². The number of benzene rings is 1. The van der Waals surface area contributed by atoms with E-state index < -0.39 is 5.82 Å². The SMILES string of the molecule is O=C(COc1ccccc1F)N1CCC[C@H]1CCc1ccncc1. The monoisotopic (exact) mass is 328 g/mol. The number of aromatic nitrogens is 1. The molecular formula is C19H21FN2O2. The first-order valence-corrected chi connectivity index (χ1v) is 8.30. The Hall–Kier alpha value is -2.43. The summed E-state index contributed by atoms with van der Waals surface area (Å²) in [5.74, 6) is -0.394. The number of aryl methyl sites for hydroxylation is 1. The topological polar surface area (TPSA) is 42.4 Å². The number of amides is 1. The minimum absolute atomic E-state index is 0.0736. The zero-order valence-corrected chi connectivity index (χ0v) is 13.5. The van der Waals surface area contributed by atoms with Gasteiger partial charge in [-0.05, 0) is 55.5 Å². The lowest BCUT2D eigenvalue weighted by atomic mass is 10.0. The molecule has 1 fully saturated rings. The van der Waals surface area contributed by atoms with Crippen LogP contribution in [0.1, 0.15) is 24.8 Å². The van der Waals surface area contributed by atoms with E-state index in [2.05, 4.69) is 4.98 Å². The molecule has 2 heterocycles. The van der Waals surface area contributed by atoms with Gasteiger partial charge in [-0.2, -0.15) is 0 Å². The number of hydrogen-bond acceptors (Lipinski definition) is 3. The van der Waals surface area contributed by atoms with Gasteiger partial charge < -0.3 is 9.64 Å². The van der Waals surface area contributed by atoms with Crippen molar-refractivity contribution in [2.24, 2.45) is 0 Å². The lowest BCUT2D eigenvalue weighted by molar-refractivity contribution is -0.134. The van der Waals surface area contributed by atoms with Crippen LogP contribution in [-0.2, 0) is 11.2 Å². The van der Waals surface area contributed by atoms with Gasteiger partial charge in [0.25, 0.3) is 5.91 Å². The van der Waals surface area contributed by atoms with Gasteiger partial charge in [-0.1, -0.05) is 12.1 Å². The maximum atomic E-state index is 13.5. The highest BCUT2D eigenvalue weighted by Crippen LogP contribution is 2.22. The molecule has 0 radical (unpaired) electrons. The van der Waals surface area contributed by atoms with Gasteiger partial charge in [0.15, 0.2) is 18.2 Å². The van der Waals surface area contributed by atoms with Crippen LogP contribution in [-0.4, -0.2) is 35.0 Å². The average Bonchev–Trinajstić information content (AvgIpc) is 3.08. The van der Waals surface area contributed by atoms with Gasteiger partial charge in [0.1, 0.15) is 0 Å². The van der Waals surface area contributed by atoms with E-state index in [0.717, 1.165) is 32.2 Å². The molecule has 1 atom stereocenters. The highest BCUT2D eigenvalue weighted by atomic mass is 19.1. The number of carbonyl (C=O) groups excluding carboxylic acids is 1. The molecule has 0 unspecified atom stereocenters. The van der Waals surface area contributed by atoms with Crippen molar-refractivity contribution in [2.45, 2.75) is 31.7 Å². The molecule has 0 bridgehead atoms. The number of nitrogens with zero attached hydrogens (tertiary/aromatic N) is 2. The van der Waals surface area contributed by atoms with Crippen LogP contribution >= 0.6 is 0 Å². The zero-order valence-electron chi connectivity index (χ0n) is 13.5. The van der Waals surface area contributed by atoms with Crippen LogP contribution in [0.5, 0.6) is 5.75 Å². The first-order valence-electron chi connectivity index (χ1n) is 8.30. The molecule has 0 spiro atoms. The Morgan fingerprint density at radius 1 is 1.25 bits per heavy atom. The summed E-state index contributed by atoms with van der Waals surface area (Å²) in [4.78, 5) is 18.3. The van der Waals surface area contributed by atoms with Crippen LogP contribution < -0.4 is 4.74 Å². The molecule has 0 saturated carbocycles. The molecule has 24 heavy (non-hydrogen) atoms. The molecule has 3 rings (SSSR count). The second-order valence-corrected chi connectivity index (χ2v) is 6.00. The van der Waals surface area contributed by atoms with Crippen LogP contribution in [0.15, 0.2) is 48.8 Å². The van der Waals surface area contributed by atoms with Crippen molar-refractivity contribution in [3.63, 3.8) is 0 Å². The van der Waals surface area contributed by atoms with E-state index in [9.17, 15) is 9.18 Å². The number of likely N-dealkylation sites (tertiary alicyclic amines) is 1. The number of pyridine rings is 1. The van der Waals surface area contributed by atoms with E-state index in [1.165, 1.54) is 17.7 Å². The largest absolute Gasteiger partial charge is 0.481 e. The Kier molecular flexibility index (Phi) is 5.41. The summed E-state index contributed by atoms with van der Waals surface area (Å²) in [5, 5.41) is 0. The van der Waals surface area contributed by atoms with E-state index in [4.69, 9.17) is 4.74 Å². The van der Waals surface area contributed by atoms with Crippen molar-refractivity contribution >= 4 is 5.91 Å². The first-order chi connectivity index (χ1) is 11.7. The number of carbonyl (C=O) groups is 1. The average molecular weight is 328 g/mol. The third kappa shape index (κ3) is 4.10. The Balaban J connectivity index is 1.52. The van der Waals surface area contributed by atoms with E-state index in [1.54, 1.807) is 24.5 Å². The minimum atomic E-state index is -0.444. The fourth-order valence-electron chi connectivity index (χ4n) is 3.13. The fourth-order valence-corrected chi connectivity index (χ4v) is 3.13. The van der Waals surface area contributed by atoms with Crippen LogP contribution in [0, 0.1) is 5.82 Å². The van der Waals surface area contributed by atoms with Crippen LogP contribution in [0.25, 0.3) is 0 Å². The molecule has 1 aromatic carbocycles. The zero-order chi connectivity index (χ0) is 16.8. The summed E-state index contributed by atoms with van der Waals surface area (Å²) in [7, 11) is 0. The van der Waals surface area contributed by atoms with Crippen molar-refractivity contribution in [3.8, 4) is 5.75 Å². The van der Waals surface area contributed by atoms with E-state index in [1.807, 2.05) is 17.0 Å². The predicted molar refractivity (Wildman–Crippen MR) is 89.2 cm³/mol. The highest BCUT2D eigenvalue weighted by molar-refractivity contribution is 5.78. The van der Waals surface area contributed by atoms with Crippen molar-refractivity contribution in [1.82, 2.24) is 9.88 Å². The summed E-state index contributed by atoms with van der Waals surface area (Å²) >= 11 is 0. The Morgan fingerprint density at radius 2 is 2.04 bits per heavy atom. The van der Waals surface area contributed by atoms with Gasteiger partial charge in [0.05, 0.1) is 0 Å². The normalized spacial score (nSPS) is 17.0. The maximum absolute atomic E-state index is 13.5. The molecule has 1 amide bonds. The second kappa shape index (κ2) is 7.90. The summed E-state index contributed by atoms with van der Waals surface area (Å²) in [6, 6.07) is 10.4.